The van der Waals surface area contributed by atoms with E-state index in [-0.39, 0.29) is 30.1 Å². The third-order valence-corrected chi connectivity index (χ3v) is 5.98. The summed E-state index contributed by atoms with van der Waals surface area (Å²) in [4.78, 5) is 14.9. The molecule has 0 unspecified atom stereocenters. The van der Waals surface area contributed by atoms with E-state index in [0.717, 1.165) is 12.8 Å². The summed E-state index contributed by atoms with van der Waals surface area (Å²) in [5.74, 6) is 7.04. The highest BCUT2D eigenvalue weighted by Gasteiger charge is 2.27. The fourth-order valence-electron chi connectivity index (χ4n) is 3.66. The van der Waals surface area contributed by atoms with Crippen molar-refractivity contribution < 1.29 is 13.9 Å². The van der Waals surface area contributed by atoms with Gasteiger partial charge in [0.2, 0.25) is 11.1 Å². The van der Waals surface area contributed by atoms with Crippen LogP contribution in [0.25, 0.3) is 0 Å². The lowest BCUT2D eigenvalue weighted by Crippen LogP contribution is -2.46. The van der Waals surface area contributed by atoms with Crippen molar-refractivity contribution in [2.24, 2.45) is 0 Å². The van der Waals surface area contributed by atoms with Crippen molar-refractivity contribution in [3.8, 4) is 5.75 Å². The van der Waals surface area contributed by atoms with Gasteiger partial charge in [0.1, 0.15) is 18.2 Å². The monoisotopic (exact) mass is 421 g/mol. The maximum atomic E-state index is 13.0. The highest BCUT2D eigenvalue weighted by Crippen LogP contribution is 2.26. The van der Waals surface area contributed by atoms with Crippen molar-refractivity contribution in [3.63, 3.8) is 0 Å². The average Bonchev–Trinajstić information content (AvgIpc) is 3.06. The summed E-state index contributed by atoms with van der Waals surface area (Å²) in [5, 5.41) is 8.57. The number of nitrogens with zero attached hydrogens (tertiary/aromatic N) is 4. The van der Waals surface area contributed by atoms with Gasteiger partial charge in [-0.05, 0) is 51.0 Å². The zero-order valence-electron chi connectivity index (χ0n) is 16.9. The molecule has 1 saturated carbocycles. The van der Waals surface area contributed by atoms with E-state index in [4.69, 9.17) is 10.6 Å². The first-order valence-corrected chi connectivity index (χ1v) is 11.0. The fourth-order valence-corrected chi connectivity index (χ4v) is 4.40. The van der Waals surface area contributed by atoms with Gasteiger partial charge >= 0.3 is 0 Å². The van der Waals surface area contributed by atoms with Gasteiger partial charge in [-0.3, -0.25) is 4.79 Å². The Morgan fingerprint density at radius 1 is 1.28 bits per heavy atom. The van der Waals surface area contributed by atoms with Crippen LogP contribution < -0.4 is 10.6 Å². The lowest BCUT2D eigenvalue weighted by atomic mass is 9.93. The number of nitrogen functional groups attached to an aromatic ring is 1. The smallest absolute Gasteiger partial charge is 0.233 e. The van der Waals surface area contributed by atoms with Crippen LogP contribution in [0, 0.1) is 5.82 Å². The van der Waals surface area contributed by atoms with Gasteiger partial charge in [0.15, 0.2) is 5.82 Å². The Morgan fingerprint density at radius 3 is 2.62 bits per heavy atom. The molecule has 158 valence electrons. The second-order valence-electron chi connectivity index (χ2n) is 7.49. The first kappa shape index (κ1) is 21.4. The van der Waals surface area contributed by atoms with Crippen LogP contribution in [0.4, 0.5) is 4.39 Å². The number of amides is 1. The second kappa shape index (κ2) is 9.96. The number of halogens is 1. The van der Waals surface area contributed by atoms with Crippen LogP contribution in [0.15, 0.2) is 29.4 Å². The molecular formula is C20H28FN5O2S. The molecule has 0 bridgehead atoms. The predicted molar refractivity (Wildman–Crippen MR) is 110 cm³/mol. The molecule has 1 aromatic heterocycles. The summed E-state index contributed by atoms with van der Waals surface area (Å²) in [5.41, 5.74) is 0. The number of aromatic nitrogens is 3. The quantitative estimate of drug-likeness (QED) is 0.519. The van der Waals surface area contributed by atoms with E-state index in [1.165, 1.54) is 60.0 Å². The van der Waals surface area contributed by atoms with Crippen LogP contribution >= 0.6 is 11.8 Å². The van der Waals surface area contributed by atoms with Crippen molar-refractivity contribution in [3.05, 3.63) is 35.9 Å². The van der Waals surface area contributed by atoms with Crippen molar-refractivity contribution in [1.29, 1.82) is 0 Å². The first-order valence-electron chi connectivity index (χ1n) is 9.97. The summed E-state index contributed by atoms with van der Waals surface area (Å²) in [6.07, 6.45) is 5.77. The normalized spacial score (nSPS) is 14.9. The second-order valence-corrected chi connectivity index (χ2v) is 8.43. The third-order valence-electron chi connectivity index (χ3n) is 5.05. The van der Waals surface area contributed by atoms with Gasteiger partial charge in [0.25, 0.3) is 0 Å². The molecule has 2 N–H and O–H groups in total. The maximum Gasteiger partial charge on any atom is 0.233 e. The van der Waals surface area contributed by atoms with Crippen LogP contribution in [0.3, 0.4) is 0 Å². The molecule has 7 nitrogen and oxygen atoms in total. The van der Waals surface area contributed by atoms with Gasteiger partial charge in [-0.15, -0.1) is 10.2 Å². The Balaban J connectivity index is 1.56. The maximum absolute atomic E-state index is 13.0. The van der Waals surface area contributed by atoms with Crippen molar-refractivity contribution in [1.82, 2.24) is 19.8 Å². The van der Waals surface area contributed by atoms with E-state index in [1.807, 2.05) is 4.90 Å². The number of thioether (sulfide) groups is 1. The Morgan fingerprint density at radius 2 is 1.97 bits per heavy atom. The summed E-state index contributed by atoms with van der Waals surface area (Å²) < 4.78 is 19.9. The van der Waals surface area contributed by atoms with Crippen LogP contribution in [0.1, 0.15) is 51.8 Å². The molecule has 0 saturated heterocycles. The van der Waals surface area contributed by atoms with E-state index in [1.54, 1.807) is 0 Å². The molecular weight excluding hydrogens is 393 g/mol. The fraction of sp³-hybridized carbons (Fsp3) is 0.550. The molecule has 0 radical (unpaired) electrons. The molecule has 3 rings (SSSR count). The molecule has 2 aromatic rings. The van der Waals surface area contributed by atoms with Crippen molar-refractivity contribution in [2.75, 3.05) is 11.6 Å². The molecule has 1 aliphatic carbocycles. The number of hydrogen-bond donors (Lipinski definition) is 1. The number of nitrogens with two attached hydrogens (primary N) is 1. The van der Waals surface area contributed by atoms with Gasteiger partial charge in [-0.2, -0.15) is 0 Å². The summed E-state index contributed by atoms with van der Waals surface area (Å²) in [7, 11) is 0. The number of rotatable bonds is 8. The standard InChI is InChI=1S/C20H28FN5O2S/c1-14(2)25(16-6-4-3-5-7-16)19(27)13-29-20-24-23-18(26(20)22)12-28-17-10-8-15(21)9-11-17/h8-11,14,16H,3-7,12-13,22H2,1-2H3. The molecule has 0 spiro atoms. The average molecular weight is 422 g/mol. The lowest BCUT2D eigenvalue weighted by Gasteiger charge is -2.37. The topological polar surface area (TPSA) is 86.3 Å². The van der Waals surface area contributed by atoms with Crippen LogP contribution in [-0.4, -0.2) is 43.5 Å². The Kier molecular flexibility index (Phi) is 7.35. The summed E-state index contributed by atoms with van der Waals surface area (Å²) in [6.45, 7) is 4.23. The van der Waals surface area contributed by atoms with Gasteiger partial charge in [-0.1, -0.05) is 31.0 Å². The minimum absolute atomic E-state index is 0.101. The number of benzene rings is 1. The first-order chi connectivity index (χ1) is 14.0. The Hall–Kier alpha value is -2.29. The van der Waals surface area contributed by atoms with Crippen LogP contribution in [0.5, 0.6) is 5.75 Å². The molecule has 1 amide bonds. The van der Waals surface area contributed by atoms with Gasteiger partial charge < -0.3 is 15.5 Å². The largest absolute Gasteiger partial charge is 0.486 e. The Labute approximate surface area is 174 Å². The number of hydrogen-bond acceptors (Lipinski definition) is 6. The number of carbonyl (C=O) groups is 1. The zero-order valence-corrected chi connectivity index (χ0v) is 17.7. The minimum atomic E-state index is -0.327. The van der Waals surface area contributed by atoms with E-state index >= 15 is 0 Å². The third kappa shape index (κ3) is 5.62. The van der Waals surface area contributed by atoms with E-state index in [2.05, 4.69) is 24.0 Å². The highest BCUT2D eigenvalue weighted by atomic mass is 32.2. The molecule has 9 heteroatoms. The van der Waals surface area contributed by atoms with Crippen LogP contribution in [-0.2, 0) is 11.4 Å². The summed E-state index contributed by atoms with van der Waals surface area (Å²) >= 11 is 1.28. The minimum Gasteiger partial charge on any atom is -0.486 e. The SMILES string of the molecule is CC(C)N(C(=O)CSc1nnc(COc2ccc(F)cc2)n1N)C1CCCCC1. The van der Waals surface area contributed by atoms with Gasteiger partial charge in [0, 0.05) is 12.1 Å². The number of ether oxygens (including phenoxy) is 1. The highest BCUT2D eigenvalue weighted by molar-refractivity contribution is 7.99. The van der Waals surface area contributed by atoms with E-state index in [9.17, 15) is 9.18 Å². The van der Waals surface area contributed by atoms with E-state index < -0.39 is 0 Å². The predicted octanol–water partition coefficient (Wildman–Crippen LogP) is 3.37. The molecule has 1 aromatic carbocycles. The molecule has 1 fully saturated rings. The number of carbonyl (C=O) groups excluding carboxylic acids is 1. The molecule has 1 heterocycles. The van der Waals surface area contributed by atoms with Crippen molar-refractivity contribution in [2.45, 2.75) is 69.8 Å². The molecule has 1 aliphatic rings. The Bertz CT molecular complexity index is 806. The van der Waals surface area contributed by atoms with E-state index in [0.29, 0.717) is 22.8 Å². The molecule has 0 aliphatic heterocycles. The zero-order chi connectivity index (χ0) is 20.8. The lowest BCUT2D eigenvalue weighted by molar-refractivity contribution is -0.133. The molecule has 29 heavy (non-hydrogen) atoms. The van der Waals surface area contributed by atoms with Gasteiger partial charge in [0.05, 0.1) is 5.75 Å². The van der Waals surface area contributed by atoms with Gasteiger partial charge in [-0.25, -0.2) is 9.07 Å². The molecule has 0 atom stereocenters. The van der Waals surface area contributed by atoms with Crippen molar-refractivity contribution >= 4 is 17.7 Å². The summed E-state index contributed by atoms with van der Waals surface area (Å²) in [6, 6.07) is 6.21. The van der Waals surface area contributed by atoms with Crippen LogP contribution in [0.2, 0.25) is 0 Å².